The van der Waals surface area contributed by atoms with Crippen LogP contribution in [-0.2, 0) is 17.9 Å². The summed E-state index contributed by atoms with van der Waals surface area (Å²) in [6, 6.07) is 23.9. The number of carbonyl (C=O) groups is 2. The average molecular weight is 569 g/mol. The summed E-state index contributed by atoms with van der Waals surface area (Å²) < 4.78 is 48.1. The first-order valence-electron chi connectivity index (χ1n) is 12.5. The summed E-state index contributed by atoms with van der Waals surface area (Å²) in [5.74, 6) is -3.59. The number of carboxylic acids is 1. The van der Waals surface area contributed by atoms with E-state index in [0.29, 0.717) is 29.7 Å². The Morgan fingerprint density at radius 2 is 1.66 bits per heavy atom. The van der Waals surface area contributed by atoms with Gasteiger partial charge in [-0.15, -0.1) is 0 Å². The number of quaternary nitrogens is 1. The number of nitriles is 1. The maximum absolute atomic E-state index is 13.9. The van der Waals surface area contributed by atoms with E-state index in [4.69, 9.17) is 9.90 Å². The third-order valence-corrected chi connectivity index (χ3v) is 6.60. The Labute approximate surface area is 234 Å². The number of nitrogens with one attached hydrogen (secondary N) is 1. The molecule has 0 atom stereocenters. The molecule has 4 aromatic rings. The zero-order chi connectivity index (χ0) is 30.4. The van der Waals surface area contributed by atoms with E-state index in [1.165, 1.54) is 17.8 Å². The number of nitrogens with zero attached hydrogens (tertiary/aromatic N) is 3. The first-order chi connectivity index (χ1) is 19.2. The molecule has 0 radical (unpaired) electrons. The molecule has 41 heavy (non-hydrogen) atoms. The molecule has 0 bridgehead atoms. The number of halogens is 4. The van der Waals surface area contributed by atoms with Crippen molar-refractivity contribution in [2.24, 2.45) is 0 Å². The highest BCUT2D eigenvalue weighted by molar-refractivity contribution is 5.98. The number of aromatic nitrogens is 1. The fraction of sp³-hybridized carbons (Fsp3) is 0.233. The zero-order valence-corrected chi connectivity index (χ0v) is 22.6. The summed E-state index contributed by atoms with van der Waals surface area (Å²) >= 11 is 0. The molecule has 11 heteroatoms. The summed E-state index contributed by atoms with van der Waals surface area (Å²) in [5.41, 5.74) is 4.87. The summed E-state index contributed by atoms with van der Waals surface area (Å²) in [6.45, 7) is 3.92. The van der Waals surface area contributed by atoms with E-state index in [2.05, 4.69) is 44.5 Å². The molecule has 1 amide bonds. The molecular formula is C30H28F4N4O3. The third-order valence-electron chi connectivity index (χ3n) is 6.60. The largest absolute Gasteiger partial charge is 0.542 e. The van der Waals surface area contributed by atoms with Crippen molar-refractivity contribution in [3.63, 3.8) is 0 Å². The van der Waals surface area contributed by atoms with Gasteiger partial charge in [0, 0.05) is 24.0 Å². The number of amides is 1. The van der Waals surface area contributed by atoms with Crippen LogP contribution in [0.4, 0.5) is 23.2 Å². The smallest absolute Gasteiger partial charge is 0.430 e. The van der Waals surface area contributed by atoms with Crippen molar-refractivity contribution in [2.45, 2.75) is 26.2 Å². The van der Waals surface area contributed by atoms with E-state index >= 15 is 0 Å². The molecule has 0 aliphatic carbocycles. The molecule has 214 valence electrons. The summed E-state index contributed by atoms with van der Waals surface area (Å²) in [4.78, 5) is 22.0. The third kappa shape index (κ3) is 7.93. The lowest BCUT2D eigenvalue weighted by atomic mass is 10.1. The molecule has 0 saturated heterocycles. The van der Waals surface area contributed by atoms with Crippen molar-refractivity contribution < 1.29 is 32.3 Å². The lowest BCUT2D eigenvalue weighted by Crippen LogP contribution is -2.39. The summed E-state index contributed by atoms with van der Waals surface area (Å²) in [5, 5.41) is 21.7. The molecule has 3 aromatic carbocycles. The van der Waals surface area contributed by atoms with Gasteiger partial charge >= 0.3 is 6.18 Å². The van der Waals surface area contributed by atoms with Crippen LogP contribution in [0.1, 0.15) is 34.1 Å². The number of hydrogen-bond donors (Lipinski definition) is 1. The number of hydrogen-bond acceptors (Lipinski definition) is 4. The molecule has 0 aliphatic heterocycles. The van der Waals surface area contributed by atoms with E-state index < -0.39 is 12.1 Å². The van der Waals surface area contributed by atoms with E-state index in [9.17, 15) is 27.6 Å². The van der Waals surface area contributed by atoms with Gasteiger partial charge < -0.3 is 19.8 Å². The van der Waals surface area contributed by atoms with Crippen LogP contribution in [0.5, 0.6) is 0 Å². The molecular weight excluding hydrogens is 540 g/mol. The van der Waals surface area contributed by atoms with Crippen LogP contribution < -0.4 is 14.9 Å². The molecule has 7 nitrogen and oxygen atoms in total. The van der Waals surface area contributed by atoms with Gasteiger partial charge in [-0.25, -0.2) is 4.39 Å². The number of alkyl halides is 3. The minimum Gasteiger partial charge on any atom is -0.542 e. The molecule has 1 heterocycles. The van der Waals surface area contributed by atoms with E-state index in [1.807, 2.05) is 28.8 Å². The van der Waals surface area contributed by atoms with Gasteiger partial charge in [-0.2, -0.15) is 18.4 Å². The van der Waals surface area contributed by atoms with Crippen LogP contribution in [0.15, 0.2) is 72.8 Å². The highest BCUT2D eigenvalue weighted by atomic mass is 19.4. The van der Waals surface area contributed by atoms with Crippen LogP contribution >= 0.6 is 0 Å². The summed E-state index contributed by atoms with van der Waals surface area (Å²) in [7, 11) is 4.31. The lowest BCUT2D eigenvalue weighted by molar-refractivity contribution is -0.344. The lowest BCUT2D eigenvalue weighted by Gasteiger charge is -2.27. The van der Waals surface area contributed by atoms with Crippen LogP contribution in [-0.4, -0.2) is 43.3 Å². The van der Waals surface area contributed by atoms with Crippen molar-refractivity contribution in [1.82, 2.24) is 14.4 Å². The molecule has 4 rings (SSSR count). The molecule has 0 saturated carbocycles. The van der Waals surface area contributed by atoms with E-state index in [0.717, 1.165) is 27.7 Å². The minimum atomic E-state index is -5.19. The van der Waals surface area contributed by atoms with Crippen LogP contribution in [0.2, 0.25) is 0 Å². The average Bonchev–Trinajstić information content (AvgIpc) is 3.29. The van der Waals surface area contributed by atoms with Crippen molar-refractivity contribution in [1.29, 1.82) is 5.26 Å². The van der Waals surface area contributed by atoms with Crippen LogP contribution in [0.25, 0.3) is 10.9 Å². The van der Waals surface area contributed by atoms with E-state index in [1.54, 1.807) is 24.3 Å². The molecule has 0 unspecified atom stereocenters. The molecule has 1 aromatic heterocycles. The monoisotopic (exact) mass is 568 g/mol. The second-order valence-corrected chi connectivity index (χ2v) is 9.77. The second-order valence-electron chi connectivity index (χ2n) is 9.77. The maximum atomic E-state index is 13.9. The number of fused-ring (bicyclic) bond motifs is 1. The van der Waals surface area contributed by atoms with Crippen LogP contribution in [0, 0.1) is 17.1 Å². The topological polar surface area (TPSA) is 98.0 Å². The van der Waals surface area contributed by atoms with Gasteiger partial charge in [0.15, 0.2) is 0 Å². The number of rotatable bonds is 7. The highest BCUT2D eigenvalue weighted by Crippen LogP contribution is 2.24. The number of carbonyl (C=O) groups excluding carboxylic acids is 2. The summed E-state index contributed by atoms with van der Waals surface area (Å²) in [6.07, 6.45) is -5.19. The predicted molar refractivity (Wildman–Crippen MR) is 145 cm³/mol. The van der Waals surface area contributed by atoms with Gasteiger partial charge in [0.2, 0.25) is 0 Å². The SMILES string of the molecule is CC[N+](C)(C)c1ccc(CNC(=O)c2cc3cc(F)ccc3n2Cc2cccc(C#N)c2)cc1.O=C([O-])C(F)(F)F. The number of benzene rings is 3. The van der Waals surface area contributed by atoms with Crippen LogP contribution in [0.3, 0.4) is 0 Å². The van der Waals surface area contributed by atoms with Crippen molar-refractivity contribution in [3.8, 4) is 6.07 Å². The Kier molecular flexibility index (Phi) is 9.52. The van der Waals surface area contributed by atoms with Gasteiger partial charge in [0.25, 0.3) is 5.91 Å². The Hall–Kier alpha value is -4.69. The number of aliphatic carboxylic acids is 1. The Balaban J connectivity index is 0.000000587. The molecule has 0 fully saturated rings. The van der Waals surface area contributed by atoms with Gasteiger partial charge in [-0.1, -0.05) is 24.3 Å². The van der Waals surface area contributed by atoms with Crippen molar-refractivity contribution in [2.75, 3.05) is 20.6 Å². The van der Waals surface area contributed by atoms with Crippen molar-refractivity contribution in [3.05, 3.63) is 101 Å². The fourth-order valence-electron chi connectivity index (χ4n) is 3.99. The van der Waals surface area contributed by atoms with Gasteiger partial charge in [0.1, 0.15) is 23.2 Å². The normalized spacial score (nSPS) is 11.4. The van der Waals surface area contributed by atoms with Gasteiger partial charge in [0.05, 0.1) is 32.3 Å². The van der Waals surface area contributed by atoms with E-state index in [-0.39, 0.29) is 11.7 Å². The standard InChI is InChI=1S/C28H27FN4O.C2HF3O2/c1-4-33(2,3)25-11-8-20(9-12-25)18-31-28(34)27-16-23-15-24(29)10-13-26(23)32(27)19-22-7-5-6-21(14-22)17-30;3-2(4,5)1(6)7/h5-16H,4,18-19H2,1-3H3;(H,6,7). The Morgan fingerprint density at radius 3 is 2.24 bits per heavy atom. The molecule has 0 aliphatic rings. The van der Waals surface area contributed by atoms with Crippen molar-refractivity contribution >= 4 is 28.5 Å². The Bertz CT molecular complexity index is 1590. The quantitative estimate of drug-likeness (QED) is 0.262. The minimum absolute atomic E-state index is 0.234. The maximum Gasteiger partial charge on any atom is 0.430 e. The zero-order valence-electron chi connectivity index (χ0n) is 22.6. The highest BCUT2D eigenvalue weighted by Gasteiger charge is 2.28. The fourth-order valence-corrected chi connectivity index (χ4v) is 3.99. The molecule has 1 N–H and O–H groups in total. The first-order valence-corrected chi connectivity index (χ1v) is 12.5. The number of carboxylic acid groups (broad SMARTS) is 1. The predicted octanol–water partition coefficient (Wildman–Crippen LogP) is 4.52. The first kappa shape index (κ1) is 30.8. The van der Waals surface area contributed by atoms with Gasteiger partial charge in [-0.05, 0) is 66.6 Å². The second kappa shape index (κ2) is 12.7. The molecule has 0 spiro atoms. The van der Waals surface area contributed by atoms with Gasteiger partial charge in [-0.3, -0.25) is 9.28 Å². The Morgan fingerprint density at radius 1 is 1.00 bits per heavy atom.